The lowest BCUT2D eigenvalue weighted by atomic mass is 9.95. The van der Waals surface area contributed by atoms with Crippen LogP contribution >= 0.6 is 0 Å². The summed E-state index contributed by atoms with van der Waals surface area (Å²) in [6, 6.07) is 2.20. The second kappa shape index (κ2) is 6.60. The van der Waals surface area contributed by atoms with Crippen molar-refractivity contribution < 1.29 is 8.42 Å². The standard InChI is InChI=1S/C16H23N5O2S/c1-12(2)21-16(4-7-19-21)15-11-17-14(10-18-15)13-5-8-20(9-6-13)24(3,22)23/h4,7,10-13H,5-6,8-9H2,1-3H3. The van der Waals surface area contributed by atoms with Crippen molar-refractivity contribution in [1.29, 1.82) is 0 Å². The van der Waals surface area contributed by atoms with Gasteiger partial charge in [-0.1, -0.05) is 0 Å². The highest BCUT2D eigenvalue weighted by atomic mass is 32.2. The molecule has 3 rings (SSSR count). The van der Waals surface area contributed by atoms with Crippen molar-refractivity contribution >= 4 is 10.0 Å². The fraction of sp³-hybridized carbons (Fsp3) is 0.562. The van der Waals surface area contributed by atoms with E-state index in [0.717, 1.165) is 29.9 Å². The second-order valence-electron chi connectivity index (χ2n) is 6.52. The Labute approximate surface area is 142 Å². The Morgan fingerprint density at radius 3 is 2.42 bits per heavy atom. The van der Waals surface area contributed by atoms with Crippen LogP contribution in [0.1, 0.15) is 44.3 Å². The number of rotatable bonds is 4. The highest BCUT2D eigenvalue weighted by molar-refractivity contribution is 7.88. The Hall–Kier alpha value is -1.80. The Morgan fingerprint density at radius 2 is 1.88 bits per heavy atom. The lowest BCUT2D eigenvalue weighted by molar-refractivity contribution is 0.318. The van der Waals surface area contributed by atoms with Crippen molar-refractivity contribution in [1.82, 2.24) is 24.1 Å². The van der Waals surface area contributed by atoms with Gasteiger partial charge < -0.3 is 0 Å². The molecule has 1 saturated heterocycles. The van der Waals surface area contributed by atoms with Gasteiger partial charge in [0.1, 0.15) is 5.69 Å². The zero-order valence-electron chi connectivity index (χ0n) is 14.3. The van der Waals surface area contributed by atoms with E-state index >= 15 is 0 Å². The average Bonchev–Trinajstić information content (AvgIpc) is 3.04. The molecule has 7 nitrogen and oxygen atoms in total. The zero-order valence-corrected chi connectivity index (χ0v) is 15.1. The molecule has 0 unspecified atom stereocenters. The van der Waals surface area contributed by atoms with Gasteiger partial charge in [-0.05, 0) is 32.8 Å². The van der Waals surface area contributed by atoms with E-state index in [1.54, 1.807) is 12.4 Å². The van der Waals surface area contributed by atoms with Gasteiger partial charge in [-0.2, -0.15) is 5.10 Å². The normalized spacial score (nSPS) is 17.5. The molecule has 1 aliphatic heterocycles. The molecule has 8 heteroatoms. The maximum Gasteiger partial charge on any atom is 0.211 e. The lowest BCUT2D eigenvalue weighted by Crippen LogP contribution is -2.37. The van der Waals surface area contributed by atoms with Crippen LogP contribution in [-0.4, -0.2) is 51.8 Å². The molecule has 24 heavy (non-hydrogen) atoms. The molecule has 0 saturated carbocycles. The molecular weight excluding hydrogens is 326 g/mol. The van der Waals surface area contributed by atoms with Crippen LogP contribution in [0.25, 0.3) is 11.4 Å². The van der Waals surface area contributed by atoms with Crippen molar-refractivity contribution in [2.45, 2.75) is 38.6 Å². The van der Waals surface area contributed by atoms with E-state index in [9.17, 15) is 8.42 Å². The van der Waals surface area contributed by atoms with E-state index in [1.165, 1.54) is 10.6 Å². The third-order valence-corrected chi connectivity index (χ3v) is 5.74. The predicted molar refractivity (Wildman–Crippen MR) is 92.0 cm³/mol. The topological polar surface area (TPSA) is 81.0 Å². The van der Waals surface area contributed by atoms with Crippen LogP contribution in [0.15, 0.2) is 24.7 Å². The summed E-state index contributed by atoms with van der Waals surface area (Å²) in [6.45, 7) is 5.25. The largest absolute Gasteiger partial charge is 0.261 e. The molecule has 2 aromatic rings. The van der Waals surface area contributed by atoms with E-state index in [4.69, 9.17) is 0 Å². The monoisotopic (exact) mass is 349 g/mol. The number of hydrogen-bond donors (Lipinski definition) is 0. The molecule has 0 spiro atoms. The van der Waals surface area contributed by atoms with Crippen molar-refractivity contribution in [2.24, 2.45) is 0 Å². The Kier molecular flexibility index (Phi) is 4.69. The summed E-state index contributed by atoms with van der Waals surface area (Å²) in [5.74, 6) is 0.263. The van der Waals surface area contributed by atoms with Crippen LogP contribution in [0, 0.1) is 0 Å². The third-order valence-electron chi connectivity index (χ3n) is 4.43. The first-order valence-corrected chi connectivity index (χ1v) is 10.0. The summed E-state index contributed by atoms with van der Waals surface area (Å²) in [4.78, 5) is 9.13. The van der Waals surface area contributed by atoms with E-state index in [-0.39, 0.29) is 12.0 Å². The van der Waals surface area contributed by atoms with Crippen LogP contribution in [0.2, 0.25) is 0 Å². The number of piperidine rings is 1. The van der Waals surface area contributed by atoms with Gasteiger partial charge in [0.05, 0.1) is 23.8 Å². The van der Waals surface area contributed by atoms with Crippen molar-refractivity contribution in [3.05, 3.63) is 30.4 Å². The first kappa shape index (κ1) is 17.0. The fourth-order valence-electron chi connectivity index (χ4n) is 3.09. The van der Waals surface area contributed by atoms with Gasteiger partial charge >= 0.3 is 0 Å². The molecule has 1 aliphatic rings. The quantitative estimate of drug-likeness (QED) is 0.844. The minimum Gasteiger partial charge on any atom is -0.261 e. The van der Waals surface area contributed by atoms with E-state index in [0.29, 0.717) is 13.1 Å². The summed E-state index contributed by atoms with van der Waals surface area (Å²) in [7, 11) is -3.09. The average molecular weight is 349 g/mol. The number of nitrogens with zero attached hydrogens (tertiary/aromatic N) is 5. The molecule has 0 bridgehead atoms. The number of sulfonamides is 1. The summed E-state index contributed by atoms with van der Waals surface area (Å²) < 4.78 is 26.6. The van der Waals surface area contributed by atoms with Crippen molar-refractivity contribution in [3.8, 4) is 11.4 Å². The molecular formula is C16H23N5O2S. The van der Waals surface area contributed by atoms with Gasteiger partial charge in [0.15, 0.2) is 0 Å². The zero-order chi connectivity index (χ0) is 17.3. The summed E-state index contributed by atoms with van der Waals surface area (Å²) in [5, 5.41) is 4.32. The van der Waals surface area contributed by atoms with Crippen molar-refractivity contribution in [3.63, 3.8) is 0 Å². The maximum atomic E-state index is 11.6. The lowest BCUT2D eigenvalue weighted by Gasteiger charge is -2.29. The number of aromatic nitrogens is 4. The van der Waals surface area contributed by atoms with Gasteiger partial charge in [-0.15, -0.1) is 0 Å². The molecule has 2 aromatic heterocycles. The molecule has 1 fully saturated rings. The fourth-order valence-corrected chi connectivity index (χ4v) is 3.97. The molecule has 0 N–H and O–H groups in total. The Morgan fingerprint density at radius 1 is 1.17 bits per heavy atom. The van der Waals surface area contributed by atoms with Crippen LogP contribution in [0.5, 0.6) is 0 Å². The van der Waals surface area contributed by atoms with Crippen LogP contribution in [0.4, 0.5) is 0 Å². The highest BCUT2D eigenvalue weighted by Crippen LogP contribution is 2.28. The molecule has 130 valence electrons. The van der Waals surface area contributed by atoms with Crippen LogP contribution < -0.4 is 0 Å². The van der Waals surface area contributed by atoms with Gasteiger partial charge in [-0.25, -0.2) is 12.7 Å². The summed E-state index contributed by atoms with van der Waals surface area (Å²) in [6.07, 6.45) is 8.20. The van der Waals surface area contributed by atoms with E-state index < -0.39 is 10.0 Å². The number of hydrogen-bond acceptors (Lipinski definition) is 5. The van der Waals surface area contributed by atoms with Gasteiger partial charge in [0.2, 0.25) is 10.0 Å². The van der Waals surface area contributed by atoms with Gasteiger partial charge in [0, 0.05) is 37.4 Å². The van der Waals surface area contributed by atoms with Crippen molar-refractivity contribution in [2.75, 3.05) is 19.3 Å². The molecule has 0 radical (unpaired) electrons. The Bertz CT molecular complexity index is 790. The molecule has 0 atom stereocenters. The third kappa shape index (κ3) is 3.49. The molecule has 0 amide bonds. The van der Waals surface area contributed by atoms with E-state index in [2.05, 4.69) is 28.9 Å². The van der Waals surface area contributed by atoms with Crippen LogP contribution in [-0.2, 0) is 10.0 Å². The van der Waals surface area contributed by atoms with Gasteiger partial charge in [0.25, 0.3) is 0 Å². The minimum absolute atomic E-state index is 0.261. The Balaban J connectivity index is 1.73. The molecule has 0 aliphatic carbocycles. The minimum atomic E-state index is -3.09. The highest BCUT2D eigenvalue weighted by Gasteiger charge is 2.26. The first-order valence-electron chi connectivity index (χ1n) is 8.17. The first-order chi connectivity index (χ1) is 11.4. The molecule has 0 aromatic carbocycles. The second-order valence-corrected chi connectivity index (χ2v) is 8.50. The predicted octanol–water partition coefficient (Wildman–Crippen LogP) is 2.06. The SMILES string of the molecule is CC(C)n1nccc1-c1cnc(C2CCN(S(C)(=O)=O)CC2)cn1. The van der Waals surface area contributed by atoms with Crippen LogP contribution in [0.3, 0.4) is 0 Å². The van der Waals surface area contributed by atoms with E-state index in [1.807, 2.05) is 16.9 Å². The smallest absolute Gasteiger partial charge is 0.211 e. The van der Waals surface area contributed by atoms with Gasteiger partial charge in [-0.3, -0.25) is 14.6 Å². The summed E-state index contributed by atoms with van der Waals surface area (Å²) >= 11 is 0. The summed E-state index contributed by atoms with van der Waals surface area (Å²) in [5.41, 5.74) is 2.69. The maximum absolute atomic E-state index is 11.6. The molecule has 3 heterocycles.